The molecular weight excluding hydrogens is 319 g/mol. The van der Waals surface area contributed by atoms with E-state index >= 15 is 0 Å². The maximum Gasteiger partial charge on any atom is 0.244 e. The van der Waals surface area contributed by atoms with Crippen molar-refractivity contribution >= 4 is 28.9 Å². The Bertz CT molecular complexity index is 259. The van der Waals surface area contributed by atoms with Crippen molar-refractivity contribution < 1.29 is 9.42 Å². The molecule has 0 saturated heterocycles. The summed E-state index contributed by atoms with van der Waals surface area (Å²) in [5.74, 6) is 2.50. The van der Waals surface area contributed by atoms with E-state index in [0.717, 1.165) is 30.4 Å². The lowest BCUT2D eigenvalue weighted by Crippen LogP contribution is -1.93. The van der Waals surface area contributed by atoms with E-state index in [9.17, 15) is 4.89 Å². The van der Waals surface area contributed by atoms with Gasteiger partial charge < -0.3 is 9.42 Å². The van der Waals surface area contributed by atoms with Gasteiger partial charge in [-0.25, -0.2) is 0 Å². The predicted octanol–water partition coefficient (Wildman–Crippen LogP) is 6.39. The third-order valence-corrected chi connectivity index (χ3v) is 7.77. The van der Waals surface area contributed by atoms with E-state index < -0.39 is 5.69 Å². The van der Waals surface area contributed by atoms with Gasteiger partial charge in [0, 0.05) is 5.75 Å². The highest BCUT2D eigenvalue weighted by molar-refractivity contribution is 8.67. The van der Waals surface area contributed by atoms with Crippen LogP contribution in [0.15, 0.2) is 0 Å². The second-order valence-electron chi connectivity index (χ2n) is 6.62. The van der Waals surface area contributed by atoms with Gasteiger partial charge in [-0.15, -0.1) is 0 Å². The molecule has 128 valence electrons. The zero-order valence-electron chi connectivity index (χ0n) is 14.3. The molecule has 0 aliphatic rings. The van der Waals surface area contributed by atoms with E-state index in [4.69, 9.17) is 16.3 Å². The molecule has 0 radical (unpaired) electrons. The van der Waals surface area contributed by atoms with Crippen molar-refractivity contribution in [1.29, 1.82) is 0 Å². The highest BCUT2D eigenvalue weighted by Gasteiger charge is 2.13. The van der Waals surface area contributed by atoms with Crippen LogP contribution in [0.2, 0.25) is 0 Å². The number of hydrogen-bond donors (Lipinski definition) is 1. The Morgan fingerprint density at radius 3 is 1.95 bits per heavy atom. The minimum Gasteiger partial charge on any atom is -0.337 e. The van der Waals surface area contributed by atoms with Crippen LogP contribution in [0.3, 0.4) is 0 Å². The molecule has 0 aliphatic heterocycles. The molecule has 2 nitrogen and oxygen atoms in total. The normalized spacial score (nSPS) is 14.8. The summed E-state index contributed by atoms with van der Waals surface area (Å²) in [4.78, 5) is 10.1. The van der Waals surface area contributed by atoms with Crippen LogP contribution in [0.25, 0.3) is 0 Å². The van der Waals surface area contributed by atoms with Gasteiger partial charge in [-0.05, 0) is 36.5 Å². The maximum atomic E-state index is 10.1. The second-order valence-corrected chi connectivity index (χ2v) is 12.9. The molecular formula is C16H35O2PS2. The molecule has 0 aromatic heterocycles. The number of rotatable bonds is 14. The highest BCUT2D eigenvalue weighted by atomic mass is 32.9. The standard InChI is InChI=1S/C16H35O2PS2/c1-15(2)11-7-5-9-13-18-19(17,20)21-14-10-6-8-12-16(3)4/h15-16H,5-14H2,1-4H3,(H,17,20). The van der Waals surface area contributed by atoms with Crippen molar-refractivity contribution in [2.75, 3.05) is 12.4 Å². The molecule has 1 unspecified atom stereocenters. The summed E-state index contributed by atoms with van der Waals surface area (Å²) in [5.41, 5.74) is -2.58. The van der Waals surface area contributed by atoms with Gasteiger partial charge in [-0.1, -0.05) is 77.6 Å². The van der Waals surface area contributed by atoms with Crippen LogP contribution in [0.4, 0.5) is 0 Å². The fourth-order valence-electron chi connectivity index (χ4n) is 2.06. The molecule has 0 spiro atoms. The molecule has 0 bridgehead atoms. The van der Waals surface area contributed by atoms with Crippen molar-refractivity contribution in [2.45, 2.75) is 79.1 Å². The monoisotopic (exact) mass is 354 g/mol. The lowest BCUT2D eigenvalue weighted by molar-refractivity contribution is 0.306. The van der Waals surface area contributed by atoms with Crippen LogP contribution in [-0.2, 0) is 16.3 Å². The summed E-state index contributed by atoms with van der Waals surface area (Å²) < 4.78 is 5.53. The van der Waals surface area contributed by atoms with Crippen molar-refractivity contribution in [3.8, 4) is 0 Å². The van der Waals surface area contributed by atoms with Crippen molar-refractivity contribution in [3.63, 3.8) is 0 Å². The highest BCUT2D eigenvalue weighted by Crippen LogP contribution is 2.56. The SMILES string of the molecule is CC(C)CCCCCOP(O)(=S)SCCCCCC(C)C. The molecule has 1 atom stereocenters. The smallest absolute Gasteiger partial charge is 0.244 e. The van der Waals surface area contributed by atoms with E-state index in [2.05, 4.69) is 27.7 Å². The van der Waals surface area contributed by atoms with Gasteiger partial charge in [-0.2, -0.15) is 0 Å². The molecule has 0 rings (SSSR count). The Balaban J connectivity index is 3.45. The number of hydrogen-bond acceptors (Lipinski definition) is 3. The quantitative estimate of drug-likeness (QED) is 0.289. The Labute approximate surface area is 141 Å². The summed E-state index contributed by atoms with van der Waals surface area (Å²) in [6.45, 7) is 9.64. The van der Waals surface area contributed by atoms with E-state index in [1.165, 1.54) is 49.9 Å². The van der Waals surface area contributed by atoms with E-state index in [0.29, 0.717) is 6.61 Å². The molecule has 0 aromatic carbocycles. The van der Waals surface area contributed by atoms with Crippen molar-refractivity contribution in [2.24, 2.45) is 11.8 Å². The van der Waals surface area contributed by atoms with Crippen LogP contribution in [0, 0.1) is 11.8 Å². The summed E-state index contributed by atoms with van der Waals surface area (Å²) >= 11 is 6.66. The predicted molar refractivity (Wildman–Crippen MR) is 102 cm³/mol. The molecule has 0 fully saturated rings. The van der Waals surface area contributed by atoms with Crippen LogP contribution in [0.1, 0.15) is 79.1 Å². The van der Waals surface area contributed by atoms with Crippen LogP contribution >= 0.6 is 17.1 Å². The van der Waals surface area contributed by atoms with Gasteiger partial charge in [-0.3, -0.25) is 0 Å². The zero-order valence-corrected chi connectivity index (χ0v) is 16.9. The van der Waals surface area contributed by atoms with Crippen LogP contribution in [0.5, 0.6) is 0 Å². The Kier molecular flexibility index (Phi) is 14.0. The topological polar surface area (TPSA) is 29.5 Å². The van der Waals surface area contributed by atoms with Gasteiger partial charge >= 0.3 is 0 Å². The van der Waals surface area contributed by atoms with Gasteiger partial charge in [0.25, 0.3) is 0 Å². The molecule has 0 heterocycles. The third-order valence-electron chi connectivity index (χ3n) is 3.36. The van der Waals surface area contributed by atoms with Gasteiger partial charge in [0.1, 0.15) is 0 Å². The zero-order chi connectivity index (χ0) is 16.1. The second kappa shape index (κ2) is 13.4. The largest absolute Gasteiger partial charge is 0.337 e. The Morgan fingerprint density at radius 1 is 0.905 bits per heavy atom. The van der Waals surface area contributed by atoms with E-state index in [1.54, 1.807) is 0 Å². The van der Waals surface area contributed by atoms with Gasteiger partial charge in [0.2, 0.25) is 5.69 Å². The minimum atomic E-state index is -2.58. The molecule has 0 saturated carbocycles. The fourth-order valence-corrected chi connectivity index (χ4v) is 5.48. The molecule has 0 amide bonds. The summed E-state index contributed by atoms with van der Waals surface area (Å²) in [7, 11) is 0. The Morgan fingerprint density at radius 2 is 1.43 bits per heavy atom. The average molecular weight is 355 g/mol. The van der Waals surface area contributed by atoms with Crippen LogP contribution in [-0.4, -0.2) is 17.3 Å². The first-order valence-corrected chi connectivity index (χ1v) is 12.7. The minimum absolute atomic E-state index is 0.617. The fraction of sp³-hybridized carbons (Fsp3) is 1.00. The Hall–Kier alpha value is 0.920. The molecule has 1 N–H and O–H groups in total. The third kappa shape index (κ3) is 17.1. The molecule has 0 aromatic rings. The van der Waals surface area contributed by atoms with Crippen molar-refractivity contribution in [1.82, 2.24) is 0 Å². The lowest BCUT2D eigenvalue weighted by Gasteiger charge is -2.15. The summed E-state index contributed by atoms with van der Waals surface area (Å²) in [6, 6.07) is 0. The first-order chi connectivity index (χ1) is 9.83. The number of unbranched alkanes of at least 4 members (excludes halogenated alkanes) is 4. The molecule has 5 heteroatoms. The van der Waals surface area contributed by atoms with Gasteiger partial charge in [0.05, 0.1) is 6.61 Å². The van der Waals surface area contributed by atoms with Crippen LogP contribution < -0.4 is 0 Å². The lowest BCUT2D eigenvalue weighted by atomic mass is 10.1. The van der Waals surface area contributed by atoms with E-state index in [1.807, 2.05) is 0 Å². The summed E-state index contributed by atoms with van der Waals surface area (Å²) in [6.07, 6.45) is 9.66. The maximum absolute atomic E-state index is 10.1. The molecule has 0 aliphatic carbocycles. The first-order valence-electron chi connectivity index (χ1n) is 8.45. The first kappa shape index (κ1) is 21.9. The molecule has 21 heavy (non-hydrogen) atoms. The van der Waals surface area contributed by atoms with Crippen molar-refractivity contribution in [3.05, 3.63) is 0 Å². The average Bonchev–Trinajstić information content (AvgIpc) is 2.37. The van der Waals surface area contributed by atoms with Gasteiger partial charge in [0.15, 0.2) is 0 Å². The van der Waals surface area contributed by atoms with E-state index in [-0.39, 0.29) is 0 Å². The summed E-state index contributed by atoms with van der Waals surface area (Å²) in [5, 5.41) is 0.